The maximum Gasteiger partial charge on any atom is 0.341 e. The molecule has 0 aromatic heterocycles. The van der Waals surface area contributed by atoms with Crippen molar-refractivity contribution in [3.8, 4) is 11.5 Å². The molecular weight excluding hydrogens is 288 g/mol. The van der Waals surface area contributed by atoms with Crippen molar-refractivity contribution in [1.82, 2.24) is 0 Å². The van der Waals surface area contributed by atoms with Crippen molar-refractivity contribution in [3.63, 3.8) is 0 Å². The molecule has 1 aliphatic carbocycles. The summed E-state index contributed by atoms with van der Waals surface area (Å²) in [5.74, 6) is -2.76. The van der Waals surface area contributed by atoms with Crippen LogP contribution >= 0.6 is 0 Å². The van der Waals surface area contributed by atoms with Gasteiger partial charge in [0.15, 0.2) is 29.7 Å². The second-order valence-corrected chi connectivity index (χ2v) is 4.72. The van der Waals surface area contributed by atoms with Crippen molar-refractivity contribution in [2.75, 3.05) is 6.61 Å². The van der Waals surface area contributed by atoms with Crippen LogP contribution in [0.1, 0.15) is 31.8 Å². The monoisotopic (exact) mass is 298 g/mol. The van der Waals surface area contributed by atoms with Crippen LogP contribution in [0.15, 0.2) is 36.4 Å². The van der Waals surface area contributed by atoms with Gasteiger partial charge >= 0.3 is 5.97 Å². The maximum absolute atomic E-state index is 12.5. The molecular formula is C16H10O6. The van der Waals surface area contributed by atoms with Crippen molar-refractivity contribution in [3.05, 3.63) is 58.7 Å². The predicted molar refractivity (Wildman–Crippen MR) is 74.5 cm³/mol. The van der Waals surface area contributed by atoms with Gasteiger partial charge in [0.1, 0.15) is 0 Å². The lowest BCUT2D eigenvalue weighted by atomic mass is 9.83. The summed E-state index contributed by atoms with van der Waals surface area (Å²) in [5, 5.41) is 18.8. The molecule has 0 amide bonds. The highest BCUT2D eigenvalue weighted by atomic mass is 16.5. The molecule has 0 atom stereocenters. The van der Waals surface area contributed by atoms with Gasteiger partial charge in [0.2, 0.25) is 0 Å². The van der Waals surface area contributed by atoms with Crippen LogP contribution in [0.5, 0.6) is 11.5 Å². The predicted octanol–water partition coefficient (Wildman–Crippen LogP) is 1.63. The van der Waals surface area contributed by atoms with E-state index in [4.69, 9.17) is 9.84 Å². The van der Waals surface area contributed by atoms with E-state index < -0.39 is 24.1 Å². The Bertz CT molecular complexity index is 821. The molecule has 0 bridgehead atoms. The number of phenolic OH excluding ortho intramolecular Hbond substituents is 1. The van der Waals surface area contributed by atoms with Crippen molar-refractivity contribution in [2.45, 2.75) is 0 Å². The minimum atomic E-state index is -1.22. The third-order valence-electron chi connectivity index (χ3n) is 3.38. The fourth-order valence-corrected chi connectivity index (χ4v) is 2.41. The standard InChI is InChI=1S/C16H10O6/c17-12(18)7-22-11-6-5-10-13(16(11)21)15(20)9-4-2-1-3-8(9)14(10)19/h1-6,21H,7H2,(H,17,18). The summed E-state index contributed by atoms with van der Waals surface area (Å²) in [5.41, 5.74) is 0.389. The number of rotatable bonds is 3. The van der Waals surface area contributed by atoms with Gasteiger partial charge in [0.05, 0.1) is 5.56 Å². The molecule has 0 saturated carbocycles. The Hall–Kier alpha value is -3.15. The SMILES string of the molecule is O=C(O)COc1ccc2c(c1O)C(=O)c1ccccc1C2=O. The molecule has 0 saturated heterocycles. The van der Waals surface area contributed by atoms with Crippen LogP contribution in [-0.2, 0) is 4.79 Å². The molecule has 0 radical (unpaired) electrons. The summed E-state index contributed by atoms with van der Waals surface area (Å²) >= 11 is 0. The highest BCUT2D eigenvalue weighted by Crippen LogP contribution is 2.38. The van der Waals surface area contributed by atoms with Crippen molar-refractivity contribution in [1.29, 1.82) is 0 Å². The third-order valence-corrected chi connectivity index (χ3v) is 3.38. The van der Waals surface area contributed by atoms with Crippen molar-refractivity contribution >= 4 is 17.5 Å². The molecule has 1 aliphatic rings. The largest absolute Gasteiger partial charge is 0.504 e. The van der Waals surface area contributed by atoms with E-state index in [0.717, 1.165) is 0 Å². The van der Waals surface area contributed by atoms with Crippen LogP contribution in [0.2, 0.25) is 0 Å². The summed E-state index contributed by atoms with van der Waals surface area (Å²) in [6.07, 6.45) is 0. The Morgan fingerprint density at radius 2 is 1.59 bits per heavy atom. The van der Waals surface area contributed by atoms with E-state index >= 15 is 0 Å². The highest BCUT2D eigenvalue weighted by molar-refractivity contribution is 6.29. The van der Waals surface area contributed by atoms with Crippen LogP contribution < -0.4 is 4.74 Å². The second-order valence-electron chi connectivity index (χ2n) is 4.72. The molecule has 0 fully saturated rings. The van der Waals surface area contributed by atoms with Crippen LogP contribution in [0, 0.1) is 0 Å². The van der Waals surface area contributed by atoms with Crippen LogP contribution in [0.3, 0.4) is 0 Å². The van der Waals surface area contributed by atoms with Gasteiger partial charge < -0.3 is 14.9 Å². The summed E-state index contributed by atoms with van der Waals surface area (Å²) in [6, 6.07) is 8.95. The molecule has 0 unspecified atom stereocenters. The number of aromatic hydroxyl groups is 1. The van der Waals surface area contributed by atoms with E-state index in [2.05, 4.69) is 0 Å². The Balaban J connectivity index is 2.13. The van der Waals surface area contributed by atoms with Gasteiger partial charge in [-0.05, 0) is 12.1 Å². The summed E-state index contributed by atoms with van der Waals surface area (Å²) in [4.78, 5) is 35.4. The fraction of sp³-hybridized carbons (Fsp3) is 0.0625. The number of ether oxygens (including phenoxy) is 1. The van der Waals surface area contributed by atoms with Crippen molar-refractivity contribution in [2.24, 2.45) is 0 Å². The minimum Gasteiger partial charge on any atom is -0.504 e. The minimum absolute atomic E-state index is 0.0730. The number of fused-ring (bicyclic) bond motifs is 2. The first-order valence-electron chi connectivity index (χ1n) is 6.39. The number of hydrogen-bond acceptors (Lipinski definition) is 5. The van der Waals surface area contributed by atoms with E-state index in [1.165, 1.54) is 18.2 Å². The Kier molecular flexibility index (Phi) is 3.14. The lowest BCUT2D eigenvalue weighted by Crippen LogP contribution is -2.21. The molecule has 22 heavy (non-hydrogen) atoms. The van der Waals surface area contributed by atoms with E-state index in [0.29, 0.717) is 0 Å². The molecule has 0 heterocycles. The van der Waals surface area contributed by atoms with E-state index in [9.17, 15) is 19.5 Å². The average molecular weight is 298 g/mol. The molecule has 2 aromatic carbocycles. The summed E-state index contributed by atoms with van der Waals surface area (Å²) in [7, 11) is 0. The summed E-state index contributed by atoms with van der Waals surface area (Å²) < 4.78 is 4.92. The molecule has 6 nitrogen and oxygen atoms in total. The molecule has 2 N–H and O–H groups in total. The first-order chi connectivity index (χ1) is 10.5. The Morgan fingerprint density at radius 3 is 2.23 bits per heavy atom. The zero-order valence-electron chi connectivity index (χ0n) is 11.2. The number of carboxylic acids is 1. The lowest BCUT2D eigenvalue weighted by Gasteiger charge is -2.19. The number of hydrogen-bond donors (Lipinski definition) is 2. The lowest BCUT2D eigenvalue weighted by molar-refractivity contribution is -0.139. The van der Waals surface area contributed by atoms with Gasteiger partial charge in [-0.1, -0.05) is 24.3 Å². The zero-order chi connectivity index (χ0) is 15.9. The smallest absolute Gasteiger partial charge is 0.341 e. The van der Waals surface area contributed by atoms with Gasteiger partial charge in [0.25, 0.3) is 0 Å². The first-order valence-corrected chi connectivity index (χ1v) is 6.39. The van der Waals surface area contributed by atoms with E-state index in [1.54, 1.807) is 18.2 Å². The summed E-state index contributed by atoms with van der Waals surface area (Å²) in [6.45, 7) is -0.662. The van der Waals surface area contributed by atoms with Crippen LogP contribution in [0.25, 0.3) is 0 Å². The number of aliphatic carboxylic acids is 1. The van der Waals surface area contributed by atoms with Crippen molar-refractivity contribution < 1.29 is 29.3 Å². The number of carbonyl (C=O) groups excluding carboxylic acids is 2. The number of benzene rings is 2. The molecule has 0 spiro atoms. The van der Waals surface area contributed by atoms with Gasteiger partial charge in [0, 0.05) is 16.7 Å². The van der Waals surface area contributed by atoms with E-state index in [-0.39, 0.29) is 33.8 Å². The van der Waals surface area contributed by atoms with E-state index in [1.807, 2.05) is 0 Å². The average Bonchev–Trinajstić information content (AvgIpc) is 2.51. The van der Waals surface area contributed by atoms with Gasteiger partial charge in [-0.25, -0.2) is 4.79 Å². The van der Waals surface area contributed by atoms with Gasteiger partial charge in [-0.15, -0.1) is 0 Å². The van der Waals surface area contributed by atoms with Crippen LogP contribution in [-0.4, -0.2) is 34.4 Å². The Labute approximate surface area is 124 Å². The zero-order valence-corrected chi connectivity index (χ0v) is 11.2. The second kappa shape index (κ2) is 5.00. The molecule has 0 aliphatic heterocycles. The van der Waals surface area contributed by atoms with Gasteiger partial charge in [-0.3, -0.25) is 9.59 Å². The molecule has 3 rings (SSSR count). The normalized spacial score (nSPS) is 12.5. The third kappa shape index (κ3) is 2.01. The quantitative estimate of drug-likeness (QED) is 0.762. The number of carbonyl (C=O) groups is 3. The highest BCUT2D eigenvalue weighted by Gasteiger charge is 2.33. The maximum atomic E-state index is 12.5. The number of carboxylic acid groups (broad SMARTS) is 1. The fourth-order valence-electron chi connectivity index (χ4n) is 2.41. The topological polar surface area (TPSA) is 101 Å². The van der Waals surface area contributed by atoms with Gasteiger partial charge in [-0.2, -0.15) is 0 Å². The first kappa shape index (κ1) is 13.8. The molecule has 6 heteroatoms. The number of phenols is 1. The van der Waals surface area contributed by atoms with Crippen LogP contribution in [0.4, 0.5) is 0 Å². The molecule has 110 valence electrons. The Morgan fingerprint density at radius 1 is 0.955 bits per heavy atom. The molecule has 2 aromatic rings. The number of ketones is 2.